The van der Waals surface area contributed by atoms with Gasteiger partial charge in [-0.05, 0) is 96.3 Å². The Hall–Kier alpha value is -4.71. The van der Waals surface area contributed by atoms with Crippen LogP contribution in [0.25, 0.3) is 0 Å². The summed E-state index contributed by atoms with van der Waals surface area (Å²) in [6.07, 6.45) is 78.2. The zero-order chi connectivity index (χ0) is 49.3. The number of esters is 3. The Balaban J connectivity index is 4.57. The minimum absolute atomic E-state index is 0.111. The predicted molar refractivity (Wildman–Crippen MR) is 292 cm³/mol. The molecular formula is C62H96O6. The largest absolute Gasteiger partial charge is 0.462 e. The van der Waals surface area contributed by atoms with Crippen LogP contribution in [-0.4, -0.2) is 37.2 Å². The maximum atomic E-state index is 12.8. The predicted octanol–water partition coefficient (Wildman–Crippen LogP) is 18.0. The first kappa shape index (κ1) is 63.3. The van der Waals surface area contributed by atoms with Crippen molar-refractivity contribution in [3.63, 3.8) is 0 Å². The van der Waals surface area contributed by atoms with Crippen molar-refractivity contribution in [1.29, 1.82) is 0 Å². The average molecular weight is 937 g/mol. The van der Waals surface area contributed by atoms with Crippen molar-refractivity contribution in [1.82, 2.24) is 0 Å². The van der Waals surface area contributed by atoms with E-state index in [9.17, 15) is 14.4 Å². The fourth-order valence-corrected chi connectivity index (χ4v) is 6.78. The number of rotatable bonds is 46. The maximum Gasteiger partial charge on any atom is 0.306 e. The van der Waals surface area contributed by atoms with Gasteiger partial charge in [-0.15, -0.1) is 0 Å². The van der Waals surface area contributed by atoms with Crippen LogP contribution in [0.15, 0.2) is 146 Å². The van der Waals surface area contributed by atoms with Gasteiger partial charge in [-0.2, -0.15) is 0 Å². The van der Waals surface area contributed by atoms with E-state index in [0.717, 1.165) is 116 Å². The summed E-state index contributed by atoms with van der Waals surface area (Å²) in [7, 11) is 0. The molecule has 0 aliphatic carbocycles. The van der Waals surface area contributed by atoms with Crippen molar-refractivity contribution >= 4 is 17.9 Å². The van der Waals surface area contributed by atoms with Gasteiger partial charge in [0.2, 0.25) is 0 Å². The highest BCUT2D eigenvalue weighted by molar-refractivity contribution is 5.71. The minimum Gasteiger partial charge on any atom is -0.462 e. The van der Waals surface area contributed by atoms with Crippen LogP contribution in [-0.2, 0) is 28.6 Å². The van der Waals surface area contributed by atoms with E-state index in [4.69, 9.17) is 14.2 Å². The smallest absolute Gasteiger partial charge is 0.306 e. The van der Waals surface area contributed by atoms with Crippen LogP contribution in [0.3, 0.4) is 0 Å². The molecule has 0 rings (SSSR count). The molecule has 0 aliphatic heterocycles. The fourth-order valence-electron chi connectivity index (χ4n) is 6.78. The van der Waals surface area contributed by atoms with Crippen molar-refractivity contribution < 1.29 is 28.6 Å². The van der Waals surface area contributed by atoms with E-state index < -0.39 is 6.10 Å². The normalized spacial score (nSPS) is 13.3. The van der Waals surface area contributed by atoms with Gasteiger partial charge in [0.25, 0.3) is 0 Å². The minimum atomic E-state index is -0.816. The van der Waals surface area contributed by atoms with Crippen LogP contribution in [0.4, 0.5) is 0 Å². The third kappa shape index (κ3) is 52.3. The molecule has 1 atom stereocenters. The number of ether oxygens (including phenoxy) is 3. The molecule has 0 bridgehead atoms. The molecule has 380 valence electrons. The third-order valence-corrected chi connectivity index (χ3v) is 10.8. The molecule has 0 aromatic carbocycles. The molecule has 0 spiro atoms. The molecule has 0 saturated heterocycles. The molecule has 68 heavy (non-hydrogen) atoms. The summed E-state index contributed by atoms with van der Waals surface area (Å²) in [5.74, 6) is -0.990. The van der Waals surface area contributed by atoms with Crippen molar-refractivity contribution in [2.75, 3.05) is 13.2 Å². The van der Waals surface area contributed by atoms with Gasteiger partial charge in [-0.25, -0.2) is 0 Å². The number of allylic oxidation sites excluding steroid dienone is 24. The second-order valence-corrected chi connectivity index (χ2v) is 17.2. The van der Waals surface area contributed by atoms with E-state index in [1.165, 1.54) is 51.4 Å². The number of carbonyl (C=O) groups excluding carboxylic acids is 3. The van der Waals surface area contributed by atoms with Gasteiger partial charge < -0.3 is 14.2 Å². The third-order valence-electron chi connectivity index (χ3n) is 10.8. The highest BCUT2D eigenvalue weighted by Crippen LogP contribution is 2.13. The zero-order valence-corrected chi connectivity index (χ0v) is 43.3. The van der Waals surface area contributed by atoms with Crippen molar-refractivity contribution in [3.05, 3.63) is 146 Å². The van der Waals surface area contributed by atoms with E-state index in [1.807, 2.05) is 72.9 Å². The van der Waals surface area contributed by atoms with Crippen molar-refractivity contribution in [3.8, 4) is 0 Å². The summed E-state index contributed by atoms with van der Waals surface area (Å²) in [5.41, 5.74) is 0. The summed E-state index contributed by atoms with van der Waals surface area (Å²) in [6.45, 7) is 6.27. The molecule has 0 heterocycles. The van der Waals surface area contributed by atoms with Gasteiger partial charge in [-0.1, -0.05) is 237 Å². The summed E-state index contributed by atoms with van der Waals surface area (Å²) in [6, 6.07) is 0. The second-order valence-electron chi connectivity index (χ2n) is 17.2. The monoisotopic (exact) mass is 937 g/mol. The lowest BCUT2D eigenvalue weighted by Gasteiger charge is -2.18. The molecule has 6 nitrogen and oxygen atoms in total. The fraction of sp³-hybridized carbons (Fsp3) is 0.565. The van der Waals surface area contributed by atoms with Gasteiger partial charge in [0.15, 0.2) is 6.10 Å². The number of hydrogen-bond acceptors (Lipinski definition) is 6. The molecule has 0 fully saturated rings. The topological polar surface area (TPSA) is 78.9 Å². The Morgan fingerprint density at radius 1 is 0.324 bits per heavy atom. The SMILES string of the molecule is CC\C=C/C=C\C=C/C=C\C=C\C=C/C=C\CCCCCC(=O)OCC(COC(=O)CCCCCCCC/C=C\C=C/CCCCC)OC(=O)CCCCCCCC/C=C\C/C=C\C/C=C\CC. The summed E-state index contributed by atoms with van der Waals surface area (Å²) >= 11 is 0. The molecule has 0 amide bonds. The zero-order valence-electron chi connectivity index (χ0n) is 43.3. The average Bonchev–Trinajstić information content (AvgIpc) is 3.34. The molecule has 0 aliphatic rings. The molecule has 0 aromatic rings. The van der Waals surface area contributed by atoms with Crippen LogP contribution >= 0.6 is 0 Å². The van der Waals surface area contributed by atoms with Crippen molar-refractivity contribution in [2.45, 2.75) is 213 Å². The van der Waals surface area contributed by atoms with Gasteiger partial charge in [0.1, 0.15) is 13.2 Å². The van der Waals surface area contributed by atoms with Gasteiger partial charge in [0, 0.05) is 19.3 Å². The Kier molecular flexibility index (Phi) is 51.1. The van der Waals surface area contributed by atoms with Crippen molar-refractivity contribution in [2.24, 2.45) is 0 Å². The van der Waals surface area contributed by atoms with Crippen LogP contribution in [0, 0.1) is 0 Å². The van der Waals surface area contributed by atoms with Gasteiger partial charge in [0.05, 0.1) is 0 Å². The number of unbranched alkanes of at least 4 members (excludes halogenated alkanes) is 18. The van der Waals surface area contributed by atoms with E-state index in [2.05, 4.69) is 93.7 Å². The number of carbonyl (C=O) groups is 3. The summed E-state index contributed by atoms with van der Waals surface area (Å²) in [4.78, 5) is 38.1. The van der Waals surface area contributed by atoms with E-state index in [-0.39, 0.29) is 31.1 Å². The molecule has 0 radical (unpaired) electrons. The molecule has 1 unspecified atom stereocenters. The lowest BCUT2D eigenvalue weighted by molar-refractivity contribution is -0.167. The quantitative estimate of drug-likeness (QED) is 0.0199. The Labute approximate surface area is 417 Å². The highest BCUT2D eigenvalue weighted by atomic mass is 16.6. The molecular weight excluding hydrogens is 841 g/mol. The van der Waals surface area contributed by atoms with Gasteiger partial charge >= 0.3 is 17.9 Å². The summed E-state index contributed by atoms with van der Waals surface area (Å²) in [5, 5.41) is 0. The Morgan fingerprint density at radius 2 is 0.647 bits per heavy atom. The second kappa shape index (κ2) is 54.9. The van der Waals surface area contributed by atoms with Crippen LogP contribution in [0.1, 0.15) is 207 Å². The molecule has 0 aromatic heterocycles. The standard InChI is InChI=1S/C62H96O6/c1-4-7-10-13-16-19-22-25-28-30-31-32-35-37-40-43-46-49-52-55-61(64)67-58-59(57-66-60(63)54-51-48-45-42-39-36-33-27-24-21-18-15-12-9-6-3)68-62(65)56-53-50-47-44-41-38-34-29-26-23-20-17-14-11-8-5-2/h7-8,10-11,13,16-22,24-32,35,37,40,59H,4-6,9,12,14-15,23,33-34,36,38-39,41-58H2,1-3H3/b10-7-,11-8-,16-13-,20-17-,21-18-,22-19-,27-24-,28-25-,29-26-,31-30+,35-32-,40-37-. The van der Waals surface area contributed by atoms with Crippen LogP contribution in [0.2, 0.25) is 0 Å². The van der Waals surface area contributed by atoms with Crippen LogP contribution < -0.4 is 0 Å². The first-order valence-electron chi connectivity index (χ1n) is 27.0. The highest BCUT2D eigenvalue weighted by Gasteiger charge is 2.19. The van der Waals surface area contributed by atoms with Gasteiger partial charge in [-0.3, -0.25) is 14.4 Å². The van der Waals surface area contributed by atoms with E-state index in [0.29, 0.717) is 19.3 Å². The Morgan fingerprint density at radius 3 is 1.10 bits per heavy atom. The van der Waals surface area contributed by atoms with Crippen LogP contribution in [0.5, 0.6) is 0 Å². The molecule has 6 heteroatoms. The number of hydrogen-bond donors (Lipinski definition) is 0. The van der Waals surface area contributed by atoms with E-state index >= 15 is 0 Å². The molecule has 0 N–H and O–H groups in total. The maximum absolute atomic E-state index is 12.8. The Bertz CT molecular complexity index is 1540. The lowest BCUT2D eigenvalue weighted by Crippen LogP contribution is -2.30. The first-order chi connectivity index (χ1) is 33.5. The van der Waals surface area contributed by atoms with E-state index in [1.54, 1.807) is 0 Å². The first-order valence-corrected chi connectivity index (χ1v) is 27.0. The lowest BCUT2D eigenvalue weighted by atomic mass is 10.1. The summed E-state index contributed by atoms with van der Waals surface area (Å²) < 4.78 is 16.8. The molecule has 0 saturated carbocycles.